The summed E-state index contributed by atoms with van der Waals surface area (Å²) in [7, 11) is 0. The molecule has 0 amide bonds. The molecule has 10 heteroatoms. The van der Waals surface area contributed by atoms with Crippen molar-refractivity contribution in [2.45, 2.75) is 82.6 Å². The average molecular weight is 428 g/mol. The van der Waals surface area contributed by atoms with Gasteiger partial charge >= 0.3 is 24.0 Å². The number of hydrogen-bond acceptors (Lipinski definition) is 3. The van der Waals surface area contributed by atoms with Crippen molar-refractivity contribution in [2.24, 2.45) is 5.92 Å². The summed E-state index contributed by atoms with van der Waals surface area (Å²) < 4.78 is 93.3. The predicted molar refractivity (Wildman–Crippen MR) is 91.4 cm³/mol. The molecule has 2 nitrogen and oxygen atoms in total. The van der Waals surface area contributed by atoms with E-state index in [1.54, 1.807) is 0 Å². The van der Waals surface area contributed by atoms with E-state index in [9.17, 15) is 35.5 Å². The molecule has 0 N–H and O–H groups in total. The molecule has 0 saturated carbocycles. The third kappa shape index (κ3) is 8.91. The van der Waals surface area contributed by atoms with Crippen molar-refractivity contribution in [3.8, 4) is 0 Å². The van der Waals surface area contributed by atoms with Gasteiger partial charge in [0.25, 0.3) is 0 Å². The van der Waals surface area contributed by atoms with E-state index in [4.69, 9.17) is 4.74 Å². The van der Waals surface area contributed by atoms with Crippen molar-refractivity contribution >= 4 is 17.7 Å². The number of halogens is 7. The second kappa shape index (κ2) is 11.4. The van der Waals surface area contributed by atoms with Crippen LogP contribution in [0.4, 0.5) is 30.7 Å². The van der Waals surface area contributed by atoms with Crippen LogP contribution in [0, 0.1) is 5.92 Å². The van der Waals surface area contributed by atoms with Crippen molar-refractivity contribution in [1.82, 2.24) is 0 Å². The van der Waals surface area contributed by atoms with Gasteiger partial charge in [-0.1, -0.05) is 27.2 Å². The number of hydrogen-bond donors (Lipinski definition) is 0. The maximum absolute atomic E-state index is 13.2. The first-order valence-corrected chi connectivity index (χ1v) is 9.91. The van der Waals surface area contributed by atoms with E-state index >= 15 is 0 Å². The molecular formula is C17H27F7O2S. The summed E-state index contributed by atoms with van der Waals surface area (Å²) in [4.78, 5) is 12.0. The van der Waals surface area contributed by atoms with Gasteiger partial charge in [-0.15, -0.1) is 11.8 Å². The second-order valence-electron chi connectivity index (χ2n) is 6.74. The van der Waals surface area contributed by atoms with Crippen molar-refractivity contribution in [1.29, 1.82) is 0 Å². The van der Waals surface area contributed by atoms with Crippen molar-refractivity contribution in [2.75, 3.05) is 12.4 Å². The molecule has 1 atom stereocenters. The average Bonchev–Trinajstić information content (AvgIpc) is 2.51. The number of carbonyl (C=O) groups is 1. The van der Waals surface area contributed by atoms with E-state index in [2.05, 4.69) is 0 Å². The summed E-state index contributed by atoms with van der Waals surface area (Å²) >= 11 is 1.15. The maximum Gasteiger partial charge on any atom is 0.459 e. The number of alkyl halides is 7. The Labute approximate surface area is 159 Å². The zero-order valence-corrected chi connectivity index (χ0v) is 16.5. The number of thioether (sulfide) groups is 1. The van der Waals surface area contributed by atoms with Crippen LogP contribution in [0.5, 0.6) is 0 Å². The lowest BCUT2D eigenvalue weighted by Crippen LogP contribution is -2.51. The van der Waals surface area contributed by atoms with Crippen LogP contribution < -0.4 is 0 Å². The Balaban J connectivity index is 4.46. The summed E-state index contributed by atoms with van der Waals surface area (Å²) in [5.74, 6) is -11.3. The minimum absolute atomic E-state index is 0.00890. The molecule has 0 aliphatic heterocycles. The molecule has 0 spiro atoms. The molecule has 0 radical (unpaired) electrons. The molecule has 0 rings (SSSR count). The van der Waals surface area contributed by atoms with E-state index < -0.39 is 42.1 Å². The first kappa shape index (κ1) is 26.3. The van der Waals surface area contributed by atoms with Crippen LogP contribution in [0.1, 0.15) is 59.3 Å². The first-order valence-electron chi connectivity index (χ1n) is 8.86. The fraction of sp³-hybridized carbons (Fsp3) is 0.941. The van der Waals surface area contributed by atoms with Gasteiger partial charge < -0.3 is 4.74 Å². The summed E-state index contributed by atoms with van der Waals surface area (Å²) in [6.07, 6.45) is -6.32. The standard InChI is InChI=1S/C17H27F7O2S/c1-4-5-9-26-14(25)13(11-12(2)3)27-10-7-6-8-15(18,19)16(20,21)17(22,23)24/h12-13H,4-11H2,1-3H3. The van der Waals surface area contributed by atoms with E-state index in [0.29, 0.717) is 12.8 Å². The Bertz CT molecular complexity index is 439. The topological polar surface area (TPSA) is 26.3 Å². The molecule has 0 aromatic carbocycles. The zero-order chi connectivity index (χ0) is 21.3. The molecular weight excluding hydrogens is 401 g/mol. The SMILES string of the molecule is CCCCOC(=O)C(CC(C)C)SCCCCC(F)(F)C(F)(F)C(F)(F)F. The van der Waals surface area contributed by atoms with Gasteiger partial charge in [-0.25, -0.2) is 0 Å². The minimum Gasteiger partial charge on any atom is -0.465 e. The smallest absolute Gasteiger partial charge is 0.459 e. The lowest BCUT2D eigenvalue weighted by Gasteiger charge is -2.28. The number of unbranched alkanes of at least 4 members (excludes halogenated alkanes) is 2. The summed E-state index contributed by atoms with van der Waals surface area (Å²) in [5.41, 5.74) is 0. The highest BCUT2D eigenvalue weighted by Crippen LogP contribution is 2.48. The monoisotopic (exact) mass is 428 g/mol. The van der Waals surface area contributed by atoms with Gasteiger partial charge in [-0.2, -0.15) is 30.7 Å². The Hall–Kier alpha value is -0.670. The van der Waals surface area contributed by atoms with Gasteiger partial charge in [0, 0.05) is 6.42 Å². The van der Waals surface area contributed by atoms with E-state index in [-0.39, 0.29) is 24.7 Å². The second-order valence-corrected chi connectivity index (χ2v) is 8.05. The highest BCUT2D eigenvalue weighted by Gasteiger charge is 2.72. The number of rotatable bonds is 13. The molecule has 0 aliphatic rings. The Morgan fingerprint density at radius 1 is 1.00 bits per heavy atom. The molecule has 0 heterocycles. The third-order valence-corrected chi connectivity index (χ3v) is 5.02. The highest BCUT2D eigenvalue weighted by atomic mass is 32.2. The largest absolute Gasteiger partial charge is 0.465 e. The molecule has 162 valence electrons. The fourth-order valence-electron chi connectivity index (χ4n) is 2.11. The lowest BCUT2D eigenvalue weighted by molar-refractivity contribution is -0.355. The van der Waals surface area contributed by atoms with Gasteiger partial charge in [0.1, 0.15) is 5.25 Å². The number of ether oxygens (including phenoxy) is 1. The summed E-state index contributed by atoms with van der Waals surface area (Å²) in [6.45, 7) is 6.01. The quantitative estimate of drug-likeness (QED) is 0.191. The van der Waals surface area contributed by atoms with Crippen LogP contribution in [0.15, 0.2) is 0 Å². The Kier molecular flexibility index (Phi) is 11.1. The summed E-state index contributed by atoms with van der Waals surface area (Å²) in [5, 5.41) is -0.515. The first-order chi connectivity index (χ1) is 12.3. The minimum atomic E-state index is -6.30. The van der Waals surface area contributed by atoms with E-state index in [1.165, 1.54) is 0 Å². The zero-order valence-electron chi connectivity index (χ0n) is 15.7. The molecule has 0 saturated heterocycles. The molecule has 0 bridgehead atoms. The lowest BCUT2D eigenvalue weighted by atomic mass is 10.0. The van der Waals surface area contributed by atoms with Crippen LogP contribution in [-0.4, -0.2) is 41.6 Å². The van der Waals surface area contributed by atoms with Crippen LogP contribution in [0.3, 0.4) is 0 Å². The van der Waals surface area contributed by atoms with Crippen molar-refractivity contribution in [3.63, 3.8) is 0 Å². The van der Waals surface area contributed by atoms with Crippen LogP contribution in [0.2, 0.25) is 0 Å². The normalized spacial score (nSPS) is 14.5. The number of esters is 1. The Morgan fingerprint density at radius 2 is 1.59 bits per heavy atom. The molecule has 1 unspecified atom stereocenters. The van der Waals surface area contributed by atoms with Gasteiger partial charge in [-0.3, -0.25) is 4.79 Å². The van der Waals surface area contributed by atoms with Gasteiger partial charge in [-0.05, 0) is 37.4 Å². The maximum atomic E-state index is 13.2. The summed E-state index contributed by atoms with van der Waals surface area (Å²) in [6, 6.07) is 0. The molecule has 0 aromatic rings. The molecule has 0 aliphatic carbocycles. The Morgan fingerprint density at radius 3 is 2.07 bits per heavy atom. The van der Waals surface area contributed by atoms with Crippen molar-refractivity contribution in [3.05, 3.63) is 0 Å². The number of carbonyl (C=O) groups excluding carboxylic acids is 1. The van der Waals surface area contributed by atoms with Crippen molar-refractivity contribution < 1.29 is 40.3 Å². The fourth-order valence-corrected chi connectivity index (χ4v) is 3.49. The van der Waals surface area contributed by atoms with E-state index in [0.717, 1.165) is 18.2 Å². The van der Waals surface area contributed by atoms with Crippen LogP contribution in [0.25, 0.3) is 0 Å². The van der Waals surface area contributed by atoms with Gasteiger partial charge in [0.05, 0.1) is 6.61 Å². The molecule has 27 heavy (non-hydrogen) atoms. The van der Waals surface area contributed by atoms with Gasteiger partial charge in [0.15, 0.2) is 0 Å². The highest BCUT2D eigenvalue weighted by molar-refractivity contribution is 8.00. The predicted octanol–water partition coefficient (Wildman–Crippen LogP) is 6.48. The van der Waals surface area contributed by atoms with Crippen LogP contribution in [-0.2, 0) is 9.53 Å². The van der Waals surface area contributed by atoms with Gasteiger partial charge in [0.2, 0.25) is 0 Å². The third-order valence-electron chi connectivity index (χ3n) is 3.71. The van der Waals surface area contributed by atoms with Crippen LogP contribution >= 0.6 is 11.8 Å². The van der Waals surface area contributed by atoms with E-state index in [1.807, 2.05) is 20.8 Å². The molecule has 0 aromatic heterocycles. The molecule has 0 fully saturated rings.